The van der Waals surface area contributed by atoms with Crippen molar-refractivity contribution in [2.75, 3.05) is 17.2 Å². The van der Waals surface area contributed by atoms with Crippen LogP contribution in [0.1, 0.15) is 5.56 Å². The molecule has 0 bridgehead atoms. The van der Waals surface area contributed by atoms with Gasteiger partial charge in [0.05, 0.1) is 6.54 Å². The number of rotatable bonds is 7. The van der Waals surface area contributed by atoms with Gasteiger partial charge in [-0.1, -0.05) is 30.3 Å². The number of ether oxygens (including phenoxy) is 1. The zero-order valence-corrected chi connectivity index (χ0v) is 14.4. The van der Waals surface area contributed by atoms with Gasteiger partial charge in [-0.25, -0.2) is 8.78 Å². The number of nitrogens with one attached hydrogen (secondary N) is 2. The van der Waals surface area contributed by atoms with Crippen LogP contribution < -0.4 is 15.4 Å². The van der Waals surface area contributed by atoms with Crippen LogP contribution in [-0.4, -0.2) is 12.5 Å². The number of amides is 1. The fourth-order valence-electron chi connectivity index (χ4n) is 2.37. The van der Waals surface area contributed by atoms with Gasteiger partial charge in [0.15, 0.2) is 11.6 Å². The highest BCUT2D eigenvalue weighted by Gasteiger charge is 2.06. The molecular formula is C21H18F2N2O2. The van der Waals surface area contributed by atoms with Gasteiger partial charge in [-0.05, 0) is 42.0 Å². The van der Waals surface area contributed by atoms with Gasteiger partial charge in [-0.3, -0.25) is 4.79 Å². The van der Waals surface area contributed by atoms with E-state index < -0.39 is 11.6 Å². The van der Waals surface area contributed by atoms with Gasteiger partial charge >= 0.3 is 0 Å². The standard InChI is InChI=1S/C21H18F2N2O2/c22-19-11-8-17(12-20(19)23)25-21(26)13-24-16-6-9-18(10-7-16)27-14-15-4-2-1-3-5-15/h1-12,24H,13-14H2,(H,25,26). The molecule has 0 aliphatic rings. The summed E-state index contributed by atoms with van der Waals surface area (Å²) in [6.45, 7) is 0.466. The molecule has 2 N–H and O–H groups in total. The highest BCUT2D eigenvalue weighted by atomic mass is 19.2. The number of carbonyl (C=O) groups is 1. The topological polar surface area (TPSA) is 50.4 Å². The minimum Gasteiger partial charge on any atom is -0.489 e. The van der Waals surface area contributed by atoms with Gasteiger partial charge in [0.2, 0.25) is 5.91 Å². The maximum Gasteiger partial charge on any atom is 0.243 e. The number of benzene rings is 3. The van der Waals surface area contributed by atoms with Crippen LogP contribution in [0.15, 0.2) is 72.8 Å². The first-order chi connectivity index (χ1) is 13.1. The Bertz CT molecular complexity index is 900. The first-order valence-corrected chi connectivity index (χ1v) is 8.36. The summed E-state index contributed by atoms with van der Waals surface area (Å²) in [5.74, 6) is -1.62. The molecule has 1 amide bonds. The van der Waals surface area contributed by atoms with Crippen molar-refractivity contribution in [1.29, 1.82) is 0 Å². The van der Waals surface area contributed by atoms with Crippen LogP contribution in [0.2, 0.25) is 0 Å². The van der Waals surface area contributed by atoms with E-state index in [2.05, 4.69) is 10.6 Å². The van der Waals surface area contributed by atoms with Crippen LogP contribution >= 0.6 is 0 Å². The number of carbonyl (C=O) groups excluding carboxylic acids is 1. The molecule has 4 nitrogen and oxygen atoms in total. The monoisotopic (exact) mass is 368 g/mol. The summed E-state index contributed by atoms with van der Waals surface area (Å²) in [4.78, 5) is 11.9. The van der Waals surface area contributed by atoms with Gasteiger partial charge in [0.1, 0.15) is 12.4 Å². The van der Waals surface area contributed by atoms with Gasteiger partial charge in [-0.15, -0.1) is 0 Å². The maximum atomic E-state index is 13.1. The van der Waals surface area contributed by atoms with E-state index in [1.165, 1.54) is 6.07 Å². The third kappa shape index (κ3) is 5.54. The summed E-state index contributed by atoms with van der Waals surface area (Å²) in [6.07, 6.45) is 0. The molecule has 6 heteroatoms. The van der Waals surface area contributed by atoms with Crippen LogP contribution in [0.3, 0.4) is 0 Å². The lowest BCUT2D eigenvalue weighted by Gasteiger charge is -2.10. The summed E-state index contributed by atoms with van der Waals surface area (Å²) in [5, 5.41) is 5.45. The molecule has 0 saturated heterocycles. The van der Waals surface area contributed by atoms with Crippen LogP contribution in [-0.2, 0) is 11.4 Å². The van der Waals surface area contributed by atoms with Gasteiger partial charge < -0.3 is 15.4 Å². The molecule has 138 valence electrons. The van der Waals surface area contributed by atoms with E-state index in [1.54, 1.807) is 24.3 Å². The second-order valence-electron chi connectivity index (χ2n) is 5.83. The number of anilines is 2. The van der Waals surface area contributed by atoms with Crippen molar-refractivity contribution < 1.29 is 18.3 Å². The quantitative estimate of drug-likeness (QED) is 0.641. The largest absolute Gasteiger partial charge is 0.489 e. The van der Waals surface area contributed by atoms with Gasteiger partial charge in [-0.2, -0.15) is 0 Å². The molecule has 3 rings (SSSR count). The smallest absolute Gasteiger partial charge is 0.243 e. The van der Waals surface area contributed by atoms with Crippen molar-refractivity contribution in [3.05, 3.63) is 90.0 Å². The SMILES string of the molecule is O=C(CNc1ccc(OCc2ccccc2)cc1)Nc1ccc(F)c(F)c1. The van der Waals surface area contributed by atoms with Crippen molar-refractivity contribution in [3.8, 4) is 5.75 Å². The Morgan fingerprint density at radius 3 is 2.26 bits per heavy atom. The van der Waals surface area contributed by atoms with E-state index in [-0.39, 0.29) is 18.1 Å². The fraction of sp³-hybridized carbons (Fsp3) is 0.0952. The van der Waals surface area contributed by atoms with Crippen molar-refractivity contribution in [1.82, 2.24) is 0 Å². The Morgan fingerprint density at radius 1 is 0.852 bits per heavy atom. The van der Waals surface area contributed by atoms with Crippen molar-refractivity contribution in [2.45, 2.75) is 6.61 Å². The highest BCUT2D eigenvalue weighted by molar-refractivity contribution is 5.93. The molecule has 0 aliphatic carbocycles. The lowest BCUT2D eigenvalue weighted by atomic mass is 10.2. The Balaban J connectivity index is 1.46. The minimum atomic E-state index is -1.01. The molecule has 0 radical (unpaired) electrons. The summed E-state index contributed by atoms with van der Waals surface area (Å²) >= 11 is 0. The summed E-state index contributed by atoms with van der Waals surface area (Å²) in [7, 11) is 0. The molecule has 27 heavy (non-hydrogen) atoms. The van der Waals surface area contributed by atoms with Gasteiger partial charge in [0, 0.05) is 17.4 Å². The van der Waals surface area contributed by atoms with Crippen molar-refractivity contribution >= 4 is 17.3 Å². The number of hydrogen-bond acceptors (Lipinski definition) is 3. The van der Waals surface area contributed by atoms with E-state index in [0.29, 0.717) is 6.61 Å². The Morgan fingerprint density at radius 2 is 1.56 bits per heavy atom. The van der Waals surface area contributed by atoms with Crippen molar-refractivity contribution in [3.63, 3.8) is 0 Å². The maximum absolute atomic E-state index is 13.1. The average molecular weight is 368 g/mol. The fourth-order valence-corrected chi connectivity index (χ4v) is 2.37. The van der Waals surface area contributed by atoms with Crippen LogP contribution in [0.4, 0.5) is 20.2 Å². The number of halogens is 2. The zero-order chi connectivity index (χ0) is 19.1. The second-order valence-corrected chi connectivity index (χ2v) is 5.83. The molecule has 0 heterocycles. The lowest BCUT2D eigenvalue weighted by molar-refractivity contribution is -0.114. The Hall–Kier alpha value is -3.41. The molecule has 0 atom stereocenters. The van der Waals surface area contributed by atoms with E-state index in [1.807, 2.05) is 30.3 Å². The lowest BCUT2D eigenvalue weighted by Crippen LogP contribution is -2.21. The summed E-state index contributed by atoms with van der Waals surface area (Å²) in [5.41, 5.74) is 2.02. The summed E-state index contributed by atoms with van der Waals surface area (Å²) in [6, 6.07) is 20.2. The normalized spacial score (nSPS) is 10.3. The molecule has 3 aromatic carbocycles. The molecule has 0 aromatic heterocycles. The van der Waals surface area contributed by atoms with E-state index in [4.69, 9.17) is 4.74 Å². The van der Waals surface area contributed by atoms with Crippen LogP contribution in [0.5, 0.6) is 5.75 Å². The Labute approximate surface area is 155 Å². The van der Waals surface area contributed by atoms with E-state index in [9.17, 15) is 13.6 Å². The van der Waals surface area contributed by atoms with Crippen LogP contribution in [0.25, 0.3) is 0 Å². The second kappa shape index (κ2) is 8.80. The summed E-state index contributed by atoms with van der Waals surface area (Å²) < 4.78 is 31.7. The number of hydrogen-bond donors (Lipinski definition) is 2. The van der Waals surface area contributed by atoms with E-state index >= 15 is 0 Å². The molecular weight excluding hydrogens is 350 g/mol. The van der Waals surface area contributed by atoms with Gasteiger partial charge in [0.25, 0.3) is 0 Å². The minimum absolute atomic E-state index is 0.0107. The average Bonchev–Trinajstić information content (AvgIpc) is 2.69. The predicted molar refractivity (Wildman–Crippen MR) is 101 cm³/mol. The van der Waals surface area contributed by atoms with Crippen LogP contribution in [0, 0.1) is 11.6 Å². The predicted octanol–water partition coefficient (Wildman–Crippen LogP) is 4.59. The molecule has 0 fully saturated rings. The third-order valence-electron chi connectivity index (χ3n) is 3.76. The molecule has 0 spiro atoms. The van der Waals surface area contributed by atoms with Crippen molar-refractivity contribution in [2.24, 2.45) is 0 Å². The first-order valence-electron chi connectivity index (χ1n) is 8.36. The molecule has 3 aromatic rings. The Kier molecular flexibility index (Phi) is 5.99. The molecule has 0 aliphatic heterocycles. The molecule has 0 unspecified atom stereocenters. The van der Waals surface area contributed by atoms with E-state index in [0.717, 1.165) is 29.1 Å². The molecule has 0 saturated carbocycles. The third-order valence-corrected chi connectivity index (χ3v) is 3.76. The first kappa shape index (κ1) is 18.4. The highest BCUT2D eigenvalue weighted by Crippen LogP contribution is 2.17. The zero-order valence-electron chi connectivity index (χ0n) is 14.4.